The predicted molar refractivity (Wildman–Crippen MR) is 99.9 cm³/mol. The number of hydrogen-bond donors (Lipinski definition) is 3. The lowest BCUT2D eigenvalue weighted by Crippen LogP contribution is -2.19. The van der Waals surface area contributed by atoms with E-state index in [1.165, 1.54) is 37.3 Å². The molecule has 0 aliphatic heterocycles. The van der Waals surface area contributed by atoms with Gasteiger partial charge in [0.1, 0.15) is 0 Å². The van der Waals surface area contributed by atoms with Crippen LogP contribution in [-0.4, -0.2) is 27.7 Å². The van der Waals surface area contributed by atoms with Crippen molar-refractivity contribution in [3.63, 3.8) is 0 Å². The third-order valence-corrected chi connectivity index (χ3v) is 7.38. The van der Waals surface area contributed by atoms with Crippen LogP contribution in [0, 0.1) is 0 Å². The van der Waals surface area contributed by atoms with Crippen LogP contribution >= 0.6 is 7.60 Å². The van der Waals surface area contributed by atoms with Crippen LogP contribution in [0.5, 0.6) is 0 Å². The van der Waals surface area contributed by atoms with E-state index in [-0.39, 0.29) is 0 Å². The molecule has 1 aromatic rings. The van der Waals surface area contributed by atoms with Gasteiger partial charge in [0.05, 0.1) is 0 Å². The van der Waals surface area contributed by atoms with Crippen LogP contribution in [0.2, 0.25) is 0 Å². The van der Waals surface area contributed by atoms with E-state index in [2.05, 4.69) is 6.92 Å². The number of hydrogen-bond acceptors (Lipinski definition) is 3. The number of unbranched alkanes of at least 4 members (excludes halogenated alkanes) is 4. The molecule has 3 N–H and O–H groups in total. The van der Waals surface area contributed by atoms with Crippen LogP contribution in [-0.2, 0) is 21.1 Å². The summed E-state index contributed by atoms with van der Waals surface area (Å²) in [4.78, 5) is 15.9. The molecule has 0 saturated heterocycles. The Kier molecular flexibility index (Phi) is 9.03. The Morgan fingerprint density at radius 2 is 1.68 bits per heavy atom. The zero-order chi connectivity index (χ0) is 18.9. The predicted octanol–water partition coefficient (Wildman–Crippen LogP) is 3.99. The van der Waals surface area contributed by atoms with Crippen LogP contribution in [0.4, 0.5) is 0 Å². The number of rotatable bonds is 11. The molecule has 0 radical (unpaired) electrons. The van der Waals surface area contributed by atoms with Crippen molar-refractivity contribution >= 4 is 23.8 Å². The van der Waals surface area contributed by atoms with Crippen LogP contribution in [0.1, 0.15) is 56.6 Å². The van der Waals surface area contributed by atoms with Gasteiger partial charge in [-0.1, -0.05) is 69.0 Å². The van der Waals surface area contributed by atoms with E-state index < -0.39 is 29.1 Å². The molecule has 1 aromatic carbocycles. The lowest BCUT2D eigenvalue weighted by atomic mass is 10.0. The fourth-order valence-electron chi connectivity index (χ4n) is 2.48. The van der Waals surface area contributed by atoms with E-state index in [0.29, 0.717) is 0 Å². The van der Waals surface area contributed by atoms with Gasteiger partial charge >= 0.3 is 7.60 Å². The molecule has 1 rings (SSSR count). The van der Waals surface area contributed by atoms with Gasteiger partial charge in [-0.25, -0.2) is 0 Å². The molecule has 0 saturated carbocycles. The zero-order valence-electron chi connectivity index (χ0n) is 14.4. The van der Waals surface area contributed by atoms with Gasteiger partial charge in [-0.15, -0.1) is 0 Å². The van der Waals surface area contributed by atoms with Gasteiger partial charge in [-0.05, 0) is 30.4 Å². The molecule has 0 bridgehead atoms. The third kappa shape index (κ3) is 8.79. The molecule has 0 fully saturated rings. The molecular formula is C17H27O6PS. The quantitative estimate of drug-likeness (QED) is 0.299. The Bertz CT molecular complexity index is 690. The van der Waals surface area contributed by atoms with Gasteiger partial charge in [0.2, 0.25) is 0 Å². The largest absolute Gasteiger partial charge is 0.346 e. The van der Waals surface area contributed by atoms with E-state index in [9.17, 15) is 13.0 Å². The first kappa shape index (κ1) is 22.1. The summed E-state index contributed by atoms with van der Waals surface area (Å²) < 4.78 is 42.2. The molecule has 0 aliphatic carbocycles. The van der Waals surface area contributed by atoms with Gasteiger partial charge in [-0.2, -0.15) is 8.42 Å². The highest BCUT2D eigenvalue weighted by Crippen LogP contribution is 2.45. The van der Waals surface area contributed by atoms with Gasteiger partial charge in [-0.3, -0.25) is 9.12 Å². The van der Waals surface area contributed by atoms with E-state index >= 15 is 0 Å². The van der Waals surface area contributed by atoms with Crippen molar-refractivity contribution in [1.82, 2.24) is 0 Å². The fourth-order valence-corrected chi connectivity index (χ4v) is 4.62. The molecule has 142 valence electrons. The minimum Gasteiger partial charge on any atom is -0.323 e. The lowest BCUT2D eigenvalue weighted by molar-refractivity contribution is 0.364. The SMILES string of the molecule is CCCCCCCc1ccc(/C=C/CC(P(=O)(O)O)S(=O)(=O)O)cc1. The van der Waals surface area contributed by atoms with Crippen molar-refractivity contribution in [2.75, 3.05) is 0 Å². The Balaban J connectivity index is 2.57. The molecule has 6 nitrogen and oxygen atoms in total. The monoisotopic (exact) mass is 390 g/mol. The smallest absolute Gasteiger partial charge is 0.323 e. The van der Waals surface area contributed by atoms with Gasteiger partial charge < -0.3 is 9.79 Å². The third-order valence-electron chi connectivity index (χ3n) is 3.92. The average Bonchev–Trinajstić information content (AvgIpc) is 2.50. The Morgan fingerprint density at radius 3 is 2.20 bits per heavy atom. The van der Waals surface area contributed by atoms with Crippen LogP contribution in [0.15, 0.2) is 30.3 Å². The molecule has 0 heterocycles. The highest BCUT2D eigenvalue weighted by molar-refractivity contribution is 7.93. The molecule has 25 heavy (non-hydrogen) atoms. The molecule has 0 spiro atoms. The second-order valence-electron chi connectivity index (χ2n) is 6.10. The van der Waals surface area contributed by atoms with Crippen molar-refractivity contribution in [1.29, 1.82) is 0 Å². The Hall–Kier alpha value is -0.980. The molecule has 0 aliphatic rings. The topological polar surface area (TPSA) is 112 Å². The second-order valence-corrected chi connectivity index (χ2v) is 9.85. The summed E-state index contributed by atoms with van der Waals surface area (Å²) in [6.45, 7) is 2.18. The van der Waals surface area contributed by atoms with E-state index in [4.69, 9.17) is 14.3 Å². The maximum absolute atomic E-state index is 11.2. The van der Waals surface area contributed by atoms with Crippen molar-refractivity contribution < 1.29 is 27.3 Å². The van der Waals surface area contributed by atoms with Crippen molar-refractivity contribution in [3.8, 4) is 0 Å². The molecule has 1 unspecified atom stereocenters. The summed E-state index contributed by atoms with van der Waals surface area (Å²) in [6.07, 6.45) is 9.59. The standard InChI is InChI=1S/C17H27O6PS/c1-2-3-4-5-6-8-15-11-13-16(14-12-15)9-7-10-17(24(18,19)20)25(21,22)23/h7,9,11-14,17H,2-6,8,10H2,1H3,(H2,18,19,20)(H,21,22,23)/b9-7+. The molecule has 8 heteroatoms. The van der Waals surface area contributed by atoms with E-state index in [1.807, 2.05) is 24.3 Å². The highest BCUT2D eigenvalue weighted by Gasteiger charge is 2.38. The first-order chi connectivity index (χ1) is 11.6. The summed E-state index contributed by atoms with van der Waals surface area (Å²) in [5.41, 5.74) is 2.02. The van der Waals surface area contributed by atoms with Crippen LogP contribution < -0.4 is 0 Å². The minimum absolute atomic E-state index is 0.456. The zero-order valence-corrected chi connectivity index (χ0v) is 16.1. The van der Waals surface area contributed by atoms with Gasteiger partial charge in [0.15, 0.2) is 4.99 Å². The normalized spacial score (nSPS) is 14.1. The van der Waals surface area contributed by atoms with Gasteiger partial charge in [0.25, 0.3) is 10.1 Å². The molecule has 1 atom stereocenters. The first-order valence-electron chi connectivity index (χ1n) is 8.41. The first-order valence-corrected chi connectivity index (χ1v) is 11.6. The summed E-state index contributed by atoms with van der Waals surface area (Å²) in [7, 11) is -9.75. The maximum atomic E-state index is 11.2. The summed E-state index contributed by atoms with van der Waals surface area (Å²) in [6, 6.07) is 7.72. The molecule has 0 aromatic heterocycles. The van der Waals surface area contributed by atoms with Crippen molar-refractivity contribution in [3.05, 3.63) is 41.5 Å². The van der Waals surface area contributed by atoms with E-state index in [0.717, 1.165) is 18.4 Å². The highest BCUT2D eigenvalue weighted by atomic mass is 32.2. The van der Waals surface area contributed by atoms with Crippen LogP contribution in [0.3, 0.4) is 0 Å². The number of allylic oxidation sites excluding steroid dienone is 1. The van der Waals surface area contributed by atoms with Gasteiger partial charge in [0, 0.05) is 0 Å². The van der Waals surface area contributed by atoms with Crippen molar-refractivity contribution in [2.24, 2.45) is 0 Å². The Labute approximate surface area is 149 Å². The van der Waals surface area contributed by atoms with Crippen molar-refractivity contribution in [2.45, 2.75) is 56.9 Å². The van der Waals surface area contributed by atoms with E-state index in [1.54, 1.807) is 6.08 Å². The summed E-state index contributed by atoms with van der Waals surface area (Å²) >= 11 is 0. The fraction of sp³-hybridized carbons (Fsp3) is 0.529. The lowest BCUT2D eigenvalue weighted by Gasteiger charge is -2.13. The Morgan fingerprint density at radius 1 is 1.08 bits per heavy atom. The average molecular weight is 390 g/mol. The minimum atomic E-state index is -4.94. The maximum Gasteiger partial charge on any atom is 0.346 e. The summed E-state index contributed by atoms with van der Waals surface area (Å²) in [5, 5.41) is 0. The number of aryl methyl sites for hydroxylation is 1. The molecule has 0 amide bonds. The molecular weight excluding hydrogens is 363 g/mol. The second kappa shape index (κ2) is 10.2. The number of benzene rings is 1. The summed E-state index contributed by atoms with van der Waals surface area (Å²) in [5.74, 6) is 0. The van der Waals surface area contributed by atoms with Crippen LogP contribution in [0.25, 0.3) is 6.08 Å².